The van der Waals surface area contributed by atoms with Gasteiger partial charge in [0, 0.05) is 36.5 Å². The van der Waals surface area contributed by atoms with E-state index in [4.69, 9.17) is 14.0 Å². The molecular weight excluding hydrogens is 210 g/mol. The van der Waals surface area contributed by atoms with Gasteiger partial charge in [-0.25, -0.2) is 0 Å². The molecule has 0 bridgehead atoms. The maximum atomic E-state index is 7.50. The van der Waals surface area contributed by atoms with Gasteiger partial charge in [0.05, 0.1) is 0 Å². The van der Waals surface area contributed by atoms with Gasteiger partial charge in [0.15, 0.2) is 0 Å². The van der Waals surface area contributed by atoms with Crippen LogP contribution in [-0.2, 0) is 30.4 Å². The second-order valence-corrected chi connectivity index (χ2v) is 4.50. The Morgan fingerprint density at radius 1 is 0.727 bits per heavy atom. The van der Waals surface area contributed by atoms with Gasteiger partial charge < -0.3 is 0 Å². The SMILES string of the molecule is C[PH+](C)C.[C-]#[O+].[C-]#[O+].[C-]#[O+].[Ni]. The van der Waals surface area contributed by atoms with Gasteiger partial charge in [-0.2, -0.15) is 0 Å². The molecule has 0 atom stereocenters. The van der Waals surface area contributed by atoms with E-state index < -0.39 is 0 Å². The molecule has 0 rings (SSSR count). The summed E-state index contributed by atoms with van der Waals surface area (Å²) in [6.07, 6.45) is 0. The van der Waals surface area contributed by atoms with Crippen LogP contribution in [0, 0.1) is 20.0 Å². The Morgan fingerprint density at radius 3 is 0.727 bits per heavy atom. The van der Waals surface area contributed by atoms with Crippen LogP contribution in [0.15, 0.2) is 0 Å². The monoisotopic (exact) mass is 219 g/mol. The molecule has 0 N–H and O–H groups in total. The molecule has 0 saturated carbocycles. The molecule has 0 heterocycles. The van der Waals surface area contributed by atoms with E-state index in [2.05, 4.69) is 39.9 Å². The zero-order chi connectivity index (χ0) is 9.58. The third kappa shape index (κ3) is 32700. The molecule has 0 aromatic heterocycles. The van der Waals surface area contributed by atoms with Crippen molar-refractivity contribution in [1.82, 2.24) is 0 Å². The first-order valence-electron chi connectivity index (χ1n) is 2.11. The summed E-state index contributed by atoms with van der Waals surface area (Å²) in [6, 6.07) is 0. The Labute approximate surface area is 78.8 Å². The van der Waals surface area contributed by atoms with Crippen LogP contribution in [0.25, 0.3) is 0 Å². The fourth-order valence-corrected chi connectivity index (χ4v) is 0. The molecular formula is C6H10NiO3P+. The van der Waals surface area contributed by atoms with Gasteiger partial charge in [-0.15, -0.1) is 0 Å². The summed E-state index contributed by atoms with van der Waals surface area (Å²) in [7, 11) is 0.120. The molecule has 0 aromatic carbocycles. The van der Waals surface area contributed by atoms with E-state index in [1.807, 2.05) is 0 Å². The molecule has 0 spiro atoms. The largest absolute Gasteiger partial charge is 0 e. The maximum Gasteiger partial charge on any atom is 0 e. The van der Waals surface area contributed by atoms with Crippen molar-refractivity contribution in [2.45, 2.75) is 0 Å². The fraction of sp³-hybridized carbons (Fsp3) is 0.500. The Bertz CT molecular complexity index is 70.5. The minimum atomic E-state index is 0. The third-order valence-corrected chi connectivity index (χ3v) is 0. The molecule has 11 heavy (non-hydrogen) atoms. The van der Waals surface area contributed by atoms with Crippen LogP contribution >= 0.6 is 7.92 Å². The van der Waals surface area contributed by atoms with Crippen LogP contribution in [-0.4, -0.2) is 20.0 Å². The molecule has 0 unspecified atom stereocenters. The van der Waals surface area contributed by atoms with Crippen LogP contribution in [0.5, 0.6) is 0 Å². The first kappa shape index (κ1) is 30.4. The minimum Gasteiger partial charge on any atom is 0 e. The number of hydrogen-bond acceptors (Lipinski definition) is 0. The van der Waals surface area contributed by atoms with Crippen molar-refractivity contribution in [2.24, 2.45) is 0 Å². The molecule has 66 valence electrons. The van der Waals surface area contributed by atoms with Gasteiger partial charge in [-0.05, 0) is 7.92 Å². The van der Waals surface area contributed by atoms with Crippen molar-refractivity contribution in [1.29, 1.82) is 0 Å². The van der Waals surface area contributed by atoms with Crippen molar-refractivity contribution >= 4 is 7.92 Å². The predicted molar refractivity (Wildman–Crippen MR) is 37.9 cm³/mol. The Kier molecular flexibility index (Phi) is 237. The summed E-state index contributed by atoms with van der Waals surface area (Å²) in [6.45, 7) is 20.3. The summed E-state index contributed by atoms with van der Waals surface area (Å²) in [5.41, 5.74) is 0. The minimum absolute atomic E-state index is 0. The van der Waals surface area contributed by atoms with Crippen molar-refractivity contribution in [3.63, 3.8) is 0 Å². The Hall–Kier alpha value is 0.144. The van der Waals surface area contributed by atoms with Gasteiger partial charge in [-0.3, -0.25) is 0 Å². The molecule has 0 saturated heterocycles. The predicted octanol–water partition coefficient (Wildman–Crippen LogP) is 0.975. The van der Waals surface area contributed by atoms with Crippen LogP contribution in [0.2, 0.25) is 0 Å². The fourth-order valence-electron chi connectivity index (χ4n) is 0. The van der Waals surface area contributed by atoms with Crippen LogP contribution in [0.4, 0.5) is 0 Å². The van der Waals surface area contributed by atoms with Crippen LogP contribution in [0.1, 0.15) is 0 Å². The molecule has 0 aliphatic heterocycles. The van der Waals surface area contributed by atoms with Gasteiger partial charge >= 0.3 is 33.9 Å². The number of rotatable bonds is 0. The third-order valence-electron chi connectivity index (χ3n) is 0. The van der Waals surface area contributed by atoms with Crippen molar-refractivity contribution in [3.05, 3.63) is 20.0 Å². The van der Waals surface area contributed by atoms with E-state index in [-0.39, 0.29) is 24.4 Å². The molecule has 0 radical (unpaired) electrons. The van der Waals surface area contributed by atoms with Gasteiger partial charge in [0.1, 0.15) is 0 Å². The average molecular weight is 220 g/mol. The van der Waals surface area contributed by atoms with Crippen molar-refractivity contribution in [2.75, 3.05) is 20.0 Å². The van der Waals surface area contributed by atoms with Gasteiger partial charge in [0.25, 0.3) is 0 Å². The smallest absolute Gasteiger partial charge is 0 e. The Balaban J connectivity index is -0.0000000152. The van der Waals surface area contributed by atoms with E-state index >= 15 is 0 Å². The average Bonchev–Trinajstić information content (AvgIpc) is 1.98. The number of hydrogen-bond donors (Lipinski definition) is 0. The normalized spacial score (nSPS) is 3.82. The van der Waals surface area contributed by atoms with Crippen molar-refractivity contribution in [3.8, 4) is 0 Å². The van der Waals surface area contributed by atoms with Crippen molar-refractivity contribution < 1.29 is 30.4 Å². The quantitative estimate of drug-likeness (QED) is 0.252. The summed E-state index contributed by atoms with van der Waals surface area (Å²) < 4.78 is 22.5. The summed E-state index contributed by atoms with van der Waals surface area (Å²) in [5.74, 6) is 0. The van der Waals surface area contributed by atoms with Crippen LogP contribution < -0.4 is 0 Å². The molecule has 0 aliphatic carbocycles. The maximum absolute atomic E-state index is 7.50. The van der Waals surface area contributed by atoms with E-state index in [1.165, 1.54) is 0 Å². The van der Waals surface area contributed by atoms with E-state index in [0.717, 1.165) is 0 Å². The zero-order valence-corrected chi connectivity index (χ0v) is 8.53. The molecule has 0 aliphatic rings. The summed E-state index contributed by atoms with van der Waals surface area (Å²) in [5, 5.41) is 0. The molecule has 0 fully saturated rings. The summed E-state index contributed by atoms with van der Waals surface area (Å²) >= 11 is 0. The van der Waals surface area contributed by atoms with E-state index in [1.54, 1.807) is 0 Å². The first-order valence-corrected chi connectivity index (χ1v) is 5.11. The van der Waals surface area contributed by atoms with Gasteiger partial charge in [-0.1, -0.05) is 0 Å². The second-order valence-electron chi connectivity index (χ2n) is 1.50. The van der Waals surface area contributed by atoms with Crippen LogP contribution in [0.3, 0.4) is 0 Å². The molecule has 3 nitrogen and oxygen atoms in total. The molecule has 0 aromatic rings. The molecule has 5 heteroatoms. The second kappa shape index (κ2) is 85.8. The van der Waals surface area contributed by atoms with E-state index in [0.29, 0.717) is 0 Å². The van der Waals surface area contributed by atoms with E-state index in [9.17, 15) is 0 Å². The Morgan fingerprint density at radius 2 is 0.727 bits per heavy atom. The van der Waals surface area contributed by atoms with Gasteiger partial charge in [0.2, 0.25) is 0 Å². The zero-order valence-electron chi connectivity index (χ0n) is 6.54. The first-order chi connectivity index (χ1) is 4.73. The topological polar surface area (TPSA) is 59.7 Å². The standard InChI is InChI=1S/C3H9P.3CO.Ni/c1-4(2)3;3*1-2;/h1-3H3;;;;/p+1. The molecule has 0 amide bonds. The summed E-state index contributed by atoms with van der Waals surface area (Å²) in [4.78, 5) is 0.